The zero-order valence-corrected chi connectivity index (χ0v) is 15.1. The molecular weight excluding hydrogens is 366 g/mol. The molecule has 0 aliphatic carbocycles. The second-order valence-electron chi connectivity index (χ2n) is 5.86. The molecule has 0 fully saturated rings. The summed E-state index contributed by atoms with van der Waals surface area (Å²) in [4.78, 5) is 49.6. The number of nitrogens with two attached hydrogens (primary N) is 1. The molecule has 1 aliphatic heterocycles. The lowest BCUT2D eigenvalue weighted by Crippen LogP contribution is -2.32. The molecule has 1 heterocycles. The third-order valence-corrected chi connectivity index (χ3v) is 5.07. The van der Waals surface area contributed by atoms with Crippen molar-refractivity contribution in [3.05, 3.63) is 59.7 Å². The van der Waals surface area contributed by atoms with E-state index in [1.165, 1.54) is 11.8 Å². The van der Waals surface area contributed by atoms with Gasteiger partial charge in [0.1, 0.15) is 0 Å². The fourth-order valence-electron chi connectivity index (χ4n) is 2.71. The molecule has 3 rings (SSSR count). The smallest absolute Gasteiger partial charge is 0.261 e. The predicted molar refractivity (Wildman–Crippen MR) is 101 cm³/mol. The van der Waals surface area contributed by atoms with Gasteiger partial charge in [0.15, 0.2) is 0 Å². The van der Waals surface area contributed by atoms with Crippen LogP contribution in [0, 0.1) is 0 Å². The molecule has 0 saturated heterocycles. The number of hydrogen-bond donors (Lipinski definition) is 2. The van der Waals surface area contributed by atoms with Crippen LogP contribution in [-0.4, -0.2) is 40.8 Å². The Kier molecular flexibility index (Phi) is 5.56. The van der Waals surface area contributed by atoms with Gasteiger partial charge >= 0.3 is 0 Å². The van der Waals surface area contributed by atoms with Crippen molar-refractivity contribution in [1.29, 1.82) is 0 Å². The van der Waals surface area contributed by atoms with Crippen molar-refractivity contribution in [2.45, 2.75) is 11.3 Å². The lowest BCUT2D eigenvalue weighted by atomic mass is 10.1. The van der Waals surface area contributed by atoms with Gasteiger partial charge in [-0.25, -0.2) is 0 Å². The average Bonchev–Trinajstić information content (AvgIpc) is 2.90. The number of primary amides is 1. The van der Waals surface area contributed by atoms with E-state index >= 15 is 0 Å². The molecule has 0 bridgehead atoms. The van der Waals surface area contributed by atoms with Gasteiger partial charge in [0.2, 0.25) is 11.8 Å². The van der Waals surface area contributed by atoms with E-state index in [0.717, 1.165) is 4.90 Å². The lowest BCUT2D eigenvalue weighted by Gasteiger charge is -2.14. The van der Waals surface area contributed by atoms with Gasteiger partial charge in [0, 0.05) is 17.9 Å². The second kappa shape index (κ2) is 8.05. The van der Waals surface area contributed by atoms with E-state index in [-0.39, 0.29) is 36.4 Å². The van der Waals surface area contributed by atoms with E-state index < -0.39 is 5.91 Å². The number of nitrogens with one attached hydrogen (secondary N) is 1. The summed E-state index contributed by atoms with van der Waals surface area (Å²) in [5, 5.41) is 2.75. The zero-order valence-electron chi connectivity index (χ0n) is 14.3. The highest BCUT2D eigenvalue weighted by Crippen LogP contribution is 2.27. The first-order valence-electron chi connectivity index (χ1n) is 8.22. The number of nitrogens with zero attached hydrogens (tertiary/aromatic N) is 1. The summed E-state index contributed by atoms with van der Waals surface area (Å²) >= 11 is 1.23. The van der Waals surface area contributed by atoms with Gasteiger partial charge in [0.25, 0.3) is 11.8 Å². The molecule has 0 radical (unpaired) electrons. The number of benzene rings is 2. The van der Waals surface area contributed by atoms with Crippen LogP contribution >= 0.6 is 11.8 Å². The number of fused-ring (bicyclic) bond motifs is 1. The molecule has 0 unspecified atom stereocenters. The highest BCUT2D eigenvalue weighted by molar-refractivity contribution is 8.00. The SMILES string of the molecule is NC(=O)CSc1ccccc1NC(=O)CCN1C(=O)c2ccccc2C1=O. The fraction of sp³-hybridized carbons (Fsp3) is 0.158. The molecule has 8 heteroatoms. The molecule has 7 nitrogen and oxygen atoms in total. The molecule has 27 heavy (non-hydrogen) atoms. The number of anilines is 1. The fourth-order valence-corrected chi connectivity index (χ4v) is 3.46. The maximum absolute atomic E-state index is 12.3. The van der Waals surface area contributed by atoms with Crippen LogP contribution in [-0.2, 0) is 9.59 Å². The highest BCUT2D eigenvalue weighted by Gasteiger charge is 2.34. The average molecular weight is 383 g/mol. The van der Waals surface area contributed by atoms with Gasteiger partial charge < -0.3 is 11.1 Å². The number of rotatable bonds is 7. The van der Waals surface area contributed by atoms with Gasteiger partial charge in [0.05, 0.1) is 22.6 Å². The van der Waals surface area contributed by atoms with Crippen molar-refractivity contribution >= 4 is 41.1 Å². The minimum atomic E-state index is -0.452. The second-order valence-corrected chi connectivity index (χ2v) is 6.87. The normalized spacial score (nSPS) is 12.8. The quantitative estimate of drug-likeness (QED) is 0.560. The summed E-state index contributed by atoms with van der Waals surface area (Å²) in [6.45, 7) is -0.00518. The first-order valence-corrected chi connectivity index (χ1v) is 9.21. The first-order chi connectivity index (χ1) is 13.0. The molecule has 0 saturated carbocycles. The maximum atomic E-state index is 12.3. The molecule has 0 aromatic heterocycles. The van der Waals surface area contributed by atoms with E-state index in [9.17, 15) is 19.2 Å². The molecule has 3 N–H and O–H groups in total. The predicted octanol–water partition coefficient (Wildman–Crippen LogP) is 1.89. The number of thioether (sulfide) groups is 1. The lowest BCUT2D eigenvalue weighted by molar-refractivity contribution is -0.116. The third-order valence-electron chi connectivity index (χ3n) is 3.97. The largest absolute Gasteiger partial charge is 0.369 e. The van der Waals surface area contributed by atoms with Gasteiger partial charge in [-0.2, -0.15) is 0 Å². The number of carbonyl (C=O) groups excluding carboxylic acids is 4. The summed E-state index contributed by atoms with van der Waals surface area (Å²) in [5.74, 6) is -1.46. The van der Waals surface area contributed by atoms with Crippen LogP contribution in [0.25, 0.3) is 0 Å². The van der Waals surface area contributed by atoms with Crippen molar-refractivity contribution in [1.82, 2.24) is 4.90 Å². The molecule has 1 aliphatic rings. The standard InChI is InChI=1S/C19H17N3O4S/c20-16(23)11-27-15-8-4-3-7-14(15)21-17(24)9-10-22-18(25)12-5-1-2-6-13(12)19(22)26/h1-8H,9-11H2,(H2,20,23)(H,21,24). The monoisotopic (exact) mass is 383 g/mol. The van der Waals surface area contributed by atoms with Crippen LogP contribution in [0.2, 0.25) is 0 Å². The Morgan fingerprint density at radius 2 is 1.56 bits per heavy atom. The van der Waals surface area contributed by atoms with Crippen molar-refractivity contribution in [2.75, 3.05) is 17.6 Å². The maximum Gasteiger partial charge on any atom is 0.261 e. The summed E-state index contributed by atoms with van der Waals surface area (Å²) in [6, 6.07) is 13.6. The van der Waals surface area contributed by atoms with Gasteiger partial charge in [-0.05, 0) is 24.3 Å². The van der Waals surface area contributed by atoms with Crippen molar-refractivity contribution in [2.24, 2.45) is 5.73 Å². The van der Waals surface area contributed by atoms with Gasteiger partial charge in [-0.15, -0.1) is 11.8 Å². The minimum Gasteiger partial charge on any atom is -0.369 e. The van der Waals surface area contributed by atoms with Crippen LogP contribution in [0.1, 0.15) is 27.1 Å². The Balaban J connectivity index is 1.61. The molecule has 2 aromatic carbocycles. The number of hydrogen-bond acceptors (Lipinski definition) is 5. The number of carbonyl (C=O) groups is 4. The Hall–Kier alpha value is -3.13. The summed E-state index contributed by atoms with van der Waals surface area (Å²) in [5.41, 5.74) is 6.42. The van der Waals surface area contributed by atoms with Crippen molar-refractivity contribution in [3.63, 3.8) is 0 Å². The van der Waals surface area contributed by atoms with Crippen LogP contribution in [0.15, 0.2) is 53.4 Å². The van der Waals surface area contributed by atoms with Crippen LogP contribution in [0.4, 0.5) is 5.69 Å². The highest BCUT2D eigenvalue weighted by atomic mass is 32.2. The number of para-hydroxylation sites is 1. The van der Waals surface area contributed by atoms with E-state index in [0.29, 0.717) is 21.7 Å². The van der Waals surface area contributed by atoms with Crippen molar-refractivity contribution in [3.8, 4) is 0 Å². The van der Waals surface area contributed by atoms with E-state index in [1.54, 1.807) is 48.5 Å². The number of imide groups is 1. The van der Waals surface area contributed by atoms with E-state index in [4.69, 9.17) is 5.73 Å². The molecule has 2 aromatic rings. The van der Waals surface area contributed by atoms with Crippen molar-refractivity contribution < 1.29 is 19.2 Å². The van der Waals surface area contributed by atoms with Crippen LogP contribution in [0.5, 0.6) is 0 Å². The summed E-state index contributed by atoms with van der Waals surface area (Å²) in [6.07, 6.45) is -0.0275. The first kappa shape index (κ1) is 18.7. The molecule has 138 valence electrons. The Morgan fingerprint density at radius 3 is 2.19 bits per heavy atom. The molecule has 0 atom stereocenters. The van der Waals surface area contributed by atoms with E-state index in [2.05, 4.69) is 5.32 Å². The zero-order chi connectivity index (χ0) is 19.4. The van der Waals surface area contributed by atoms with Crippen LogP contribution < -0.4 is 11.1 Å². The Bertz CT molecular complexity index is 894. The van der Waals surface area contributed by atoms with E-state index in [1.807, 2.05) is 0 Å². The topological polar surface area (TPSA) is 110 Å². The van der Waals surface area contributed by atoms with Gasteiger partial charge in [-0.1, -0.05) is 24.3 Å². The molecule has 4 amide bonds. The summed E-state index contributed by atoms with van der Waals surface area (Å²) in [7, 11) is 0. The van der Waals surface area contributed by atoms with Gasteiger partial charge in [-0.3, -0.25) is 24.1 Å². The number of amides is 4. The minimum absolute atomic E-state index is 0.00518. The van der Waals surface area contributed by atoms with Crippen LogP contribution in [0.3, 0.4) is 0 Å². The molecule has 0 spiro atoms. The summed E-state index contributed by atoms with van der Waals surface area (Å²) < 4.78 is 0. The Morgan fingerprint density at radius 1 is 0.963 bits per heavy atom. The molecular formula is C19H17N3O4S. The Labute approximate surface area is 159 Å². The third kappa shape index (κ3) is 4.17.